The minimum Gasteiger partial charge on any atom is -1.00 e. The van der Waals surface area contributed by atoms with Crippen LogP contribution in [-0.4, -0.2) is 15.4 Å². The maximum atomic E-state index is 10.1. The van der Waals surface area contributed by atoms with Crippen LogP contribution >= 0.6 is 11.5 Å². The molecule has 0 atom stereocenters. The number of aromatic carboxylic acids is 1. The molecule has 0 saturated carbocycles. The second-order valence-electron chi connectivity index (χ2n) is 1.42. The molecule has 0 amide bonds. The van der Waals surface area contributed by atoms with Crippen molar-refractivity contribution in [1.29, 1.82) is 0 Å². The molecule has 0 spiro atoms. The fourth-order valence-electron chi connectivity index (χ4n) is 0.407. The van der Waals surface area contributed by atoms with E-state index in [1.54, 1.807) is 0 Å². The number of carboxylic acid groups (broad SMARTS) is 1. The van der Waals surface area contributed by atoms with Gasteiger partial charge in [0.15, 0.2) is 5.69 Å². The molecule has 10 heavy (non-hydrogen) atoms. The lowest BCUT2D eigenvalue weighted by atomic mass is 10.4. The molecule has 6 heteroatoms. The van der Waals surface area contributed by atoms with E-state index in [1.165, 1.54) is 5.38 Å². The standard InChI is InChI=1S/C4H4N2O2S.ClH/c5-2-1-9-6-3(2)4(7)8;/h1H,5H2,(H,7,8);1H/p-1. The van der Waals surface area contributed by atoms with Crippen LogP contribution in [0.5, 0.6) is 0 Å². The molecule has 0 saturated heterocycles. The summed E-state index contributed by atoms with van der Waals surface area (Å²) in [5, 5.41) is 9.81. The van der Waals surface area contributed by atoms with Crippen molar-refractivity contribution in [3.8, 4) is 0 Å². The quantitative estimate of drug-likeness (QED) is 0.497. The normalized spacial score (nSPS) is 8.40. The lowest BCUT2D eigenvalue weighted by Crippen LogP contribution is -3.00. The van der Waals surface area contributed by atoms with Gasteiger partial charge in [0.1, 0.15) is 0 Å². The third-order valence-electron chi connectivity index (χ3n) is 0.800. The van der Waals surface area contributed by atoms with Crippen molar-refractivity contribution in [1.82, 2.24) is 4.37 Å². The molecule has 0 radical (unpaired) electrons. The van der Waals surface area contributed by atoms with Crippen LogP contribution in [0.15, 0.2) is 5.38 Å². The van der Waals surface area contributed by atoms with Crippen molar-refractivity contribution in [3.05, 3.63) is 11.1 Å². The highest BCUT2D eigenvalue weighted by Crippen LogP contribution is 2.11. The first-order chi connectivity index (χ1) is 4.22. The number of carboxylic acids is 1. The molecule has 1 rings (SSSR count). The molecule has 0 aliphatic carbocycles. The largest absolute Gasteiger partial charge is 1.00 e. The summed E-state index contributed by atoms with van der Waals surface area (Å²) >= 11 is 1.04. The first-order valence-corrected chi connectivity index (χ1v) is 2.98. The number of aromatic nitrogens is 1. The van der Waals surface area contributed by atoms with Gasteiger partial charge in [0.2, 0.25) is 0 Å². The van der Waals surface area contributed by atoms with Gasteiger partial charge in [-0.2, -0.15) is 4.37 Å². The second kappa shape index (κ2) is 3.38. The molecule has 4 nitrogen and oxygen atoms in total. The Hall–Kier alpha value is -0.810. The number of nitrogen functional groups attached to an aromatic ring is 1. The van der Waals surface area contributed by atoms with Crippen molar-refractivity contribution < 1.29 is 22.3 Å². The number of hydrogen-bond donors (Lipinski definition) is 2. The van der Waals surface area contributed by atoms with Gasteiger partial charge >= 0.3 is 5.97 Å². The highest BCUT2D eigenvalue weighted by Gasteiger charge is 2.08. The lowest BCUT2D eigenvalue weighted by molar-refractivity contribution is -0.0000175. The van der Waals surface area contributed by atoms with Crippen molar-refractivity contribution in [2.24, 2.45) is 0 Å². The van der Waals surface area contributed by atoms with Gasteiger partial charge in [-0.1, -0.05) is 0 Å². The predicted molar refractivity (Wildman–Crippen MR) is 33.5 cm³/mol. The van der Waals surface area contributed by atoms with Crippen LogP contribution < -0.4 is 18.1 Å². The molecule has 3 N–H and O–H groups in total. The molecular weight excluding hydrogens is 176 g/mol. The fourth-order valence-corrected chi connectivity index (χ4v) is 0.974. The zero-order valence-corrected chi connectivity index (χ0v) is 6.32. The van der Waals surface area contributed by atoms with E-state index in [1.807, 2.05) is 0 Å². The van der Waals surface area contributed by atoms with Crippen molar-refractivity contribution >= 4 is 23.2 Å². The molecule has 1 aromatic rings. The Morgan fingerprint density at radius 3 is 2.60 bits per heavy atom. The SMILES string of the molecule is Nc1csnc1C(=O)O.[Cl-]. The van der Waals surface area contributed by atoms with Gasteiger partial charge in [-0.3, -0.25) is 0 Å². The van der Waals surface area contributed by atoms with Gasteiger partial charge in [-0.15, -0.1) is 0 Å². The van der Waals surface area contributed by atoms with E-state index in [0.717, 1.165) is 11.5 Å². The number of hydrogen-bond acceptors (Lipinski definition) is 4. The zero-order chi connectivity index (χ0) is 6.85. The third kappa shape index (κ3) is 1.58. The van der Waals surface area contributed by atoms with E-state index < -0.39 is 5.97 Å². The molecule has 0 aliphatic heterocycles. The highest BCUT2D eigenvalue weighted by molar-refractivity contribution is 7.04. The van der Waals surface area contributed by atoms with Crippen LogP contribution in [0, 0.1) is 0 Å². The minimum absolute atomic E-state index is 0. The topological polar surface area (TPSA) is 76.2 Å². The Bertz CT molecular complexity index is 237. The molecule has 0 aliphatic rings. The van der Waals surface area contributed by atoms with Crippen LogP contribution in [0.2, 0.25) is 0 Å². The minimum atomic E-state index is -1.08. The van der Waals surface area contributed by atoms with Crippen LogP contribution in [0.4, 0.5) is 5.69 Å². The van der Waals surface area contributed by atoms with Crippen molar-refractivity contribution in [2.45, 2.75) is 0 Å². The maximum Gasteiger partial charge on any atom is 0.357 e. The summed E-state index contributed by atoms with van der Waals surface area (Å²) in [5.41, 5.74) is 5.38. The average Bonchev–Trinajstić information content (AvgIpc) is 2.13. The van der Waals surface area contributed by atoms with E-state index in [-0.39, 0.29) is 23.8 Å². The van der Waals surface area contributed by atoms with Crippen LogP contribution in [0.1, 0.15) is 10.5 Å². The maximum absolute atomic E-state index is 10.1. The van der Waals surface area contributed by atoms with E-state index in [0.29, 0.717) is 0 Å². The molecule has 0 bridgehead atoms. The molecule has 1 aromatic heterocycles. The summed E-state index contributed by atoms with van der Waals surface area (Å²) in [6, 6.07) is 0. The number of anilines is 1. The molecule has 0 unspecified atom stereocenters. The molecular formula is C4H4ClN2O2S-. The molecule has 1 heterocycles. The summed E-state index contributed by atoms with van der Waals surface area (Å²) in [7, 11) is 0. The van der Waals surface area contributed by atoms with Crippen LogP contribution in [0.25, 0.3) is 0 Å². The Balaban J connectivity index is 0.000000810. The first kappa shape index (κ1) is 9.19. The van der Waals surface area contributed by atoms with Gasteiger partial charge in [-0.25, -0.2) is 4.79 Å². The van der Waals surface area contributed by atoms with E-state index >= 15 is 0 Å². The molecule has 56 valence electrons. The number of nitrogens with zero attached hydrogens (tertiary/aromatic N) is 1. The monoisotopic (exact) mass is 179 g/mol. The number of nitrogens with two attached hydrogens (primary N) is 1. The van der Waals surface area contributed by atoms with E-state index in [9.17, 15) is 4.79 Å². The summed E-state index contributed by atoms with van der Waals surface area (Å²) in [5.74, 6) is -1.08. The number of halogens is 1. The summed E-state index contributed by atoms with van der Waals surface area (Å²) in [4.78, 5) is 10.1. The van der Waals surface area contributed by atoms with Crippen molar-refractivity contribution in [3.63, 3.8) is 0 Å². The Labute approximate surface area is 67.2 Å². The summed E-state index contributed by atoms with van der Waals surface area (Å²) in [6.45, 7) is 0. The highest BCUT2D eigenvalue weighted by atomic mass is 35.5. The number of carbonyl (C=O) groups is 1. The van der Waals surface area contributed by atoms with E-state index in [4.69, 9.17) is 10.8 Å². The van der Waals surface area contributed by atoms with Crippen LogP contribution in [0.3, 0.4) is 0 Å². The van der Waals surface area contributed by atoms with E-state index in [2.05, 4.69) is 4.37 Å². The number of rotatable bonds is 1. The average molecular weight is 180 g/mol. The van der Waals surface area contributed by atoms with Gasteiger partial charge in [-0.05, 0) is 11.5 Å². The smallest absolute Gasteiger partial charge is 0.357 e. The lowest BCUT2D eigenvalue weighted by Gasteiger charge is -1.84. The first-order valence-electron chi connectivity index (χ1n) is 2.15. The summed E-state index contributed by atoms with van der Waals surface area (Å²) < 4.78 is 3.53. The Kier molecular flexibility index (Phi) is 3.11. The van der Waals surface area contributed by atoms with Gasteiger partial charge in [0.05, 0.1) is 5.69 Å². The van der Waals surface area contributed by atoms with Crippen molar-refractivity contribution in [2.75, 3.05) is 5.73 Å². The zero-order valence-electron chi connectivity index (χ0n) is 4.74. The molecule has 0 fully saturated rings. The Morgan fingerprint density at radius 2 is 2.40 bits per heavy atom. The third-order valence-corrected chi connectivity index (χ3v) is 1.45. The predicted octanol–water partition coefficient (Wildman–Crippen LogP) is -2.57. The Morgan fingerprint density at radius 1 is 1.80 bits per heavy atom. The molecule has 0 aromatic carbocycles. The van der Waals surface area contributed by atoms with Crippen LogP contribution in [-0.2, 0) is 0 Å². The van der Waals surface area contributed by atoms with Gasteiger partial charge in [0.25, 0.3) is 0 Å². The summed E-state index contributed by atoms with van der Waals surface area (Å²) in [6.07, 6.45) is 0. The fraction of sp³-hybridized carbons (Fsp3) is 0. The second-order valence-corrected chi connectivity index (χ2v) is 2.05. The van der Waals surface area contributed by atoms with Gasteiger partial charge in [0, 0.05) is 5.38 Å². The van der Waals surface area contributed by atoms with Gasteiger partial charge < -0.3 is 23.2 Å².